The van der Waals surface area contributed by atoms with Gasteiger partial charge in [-0.25, -0.2) is 14.8 Å². The smallest absolute Gasteiger partial charge is 0.330 e. The van der Waals surface area contributed by atoms with Crippen LogP contribution in [0.4, 0.5) is 11.5 Å². The fourth-order valence-electron chi connectivity index (χ4n) is 5.65. The summed E-state index contributed by atoms with van der Waals surface area (Å²) in [6.07, 6.45) is 1.67. The maximum absolute atomic E-state index is 13.1. The molecule has 46 heavy (non-hydrogen) atoms. The first-order valence-electron chi connectivity index (χ1n) is 14.6. The third-order valence-electron chi connectivity index (χ3n) is 8.21. The fourth-order valence-corrected chi connectivity index (χ4v) is 6.25. The summed E-state index contributed by atoms with van der Waals surface area (Å²) in [5.74, 6) is 0.716. The summed E-state index contributed by atoms with van der Waals surface area (Å²) in [5, 5.41) is 17.9. The molecule has 1 saturated heterocycles. The van der Waals surface area contributed by atoms with Crippen LogP contribution in [0.5, 0.6) is 5.88 Å². The van der Waals surface area contributed by atoms with Crippen molar-refractivity contribution >= 4 is 45.6 Å². The van der Waals surface area contributed by atoms with E-state index in [9.17, 15) is 14.7 Å². The number of benzene rings is 2. The molecule has 6 rings (SSSR count). The molecule has 4 heterocycles. The Morgan fingerprint density at radius 1 is 1.00 bits per heavy atom. The van der Waals surface area contributed by atoms with Crippen molar-refractivity contribution in [1.82, 2.24) is 24.4 Å². The standard InChI is InChI=1S/C33H32Cl2N6O5/c1-40-25-12-14-36-30(27(25)32(43)41(2)33(40)44)38-24-9-5-7-20(29(24)35)19-6-4-8-21(28(19)34)22-11-10-18(31(39-22)45-3)16-37-23-13-15-46-17-26(23)42/h4-12,14,23,26,37,42H,13,15-17H2,1-3H3,(H,36,38)/t23-,26-/m1/s1. The molecule has 0 saturated carbocycles. The average Bonchev–Trinajstić information content (AvgIpc) is 3.07. The van der Waals surface area contributed by atoms with Gasteiger partial charge < -0.3 is 25.2 Å². The molecule has 238 valence electrons. The second-order valence-corrected chi connectivity index (χ2v) is 11.8. The number of hydrogen-bond acceptors (Lipinski definition) is 9. The Labute approximate surface area is 274 Å². The molecule has 0 spiro atoms. The Balaban J connectivity index is 1.32. The Morgan fingerprint density at radius 2 is 1.74 bits per heavy atom. The monoisotopic (exact) mass is 662 g/mol. The van der Waals surface area contributed by atoms with Crippen LogP contribution in [0.3, 0.4) is 0 Å². The van der Waals surface area contributed by atoms with Gasteiger partial charge >= 0.3 is 5.69 Å². The van der Waals surface area contributed by atoms with Crippen molar-refractivity contribution in [2.24, 2.45) is 14.1 Å². The highest BCUT2D eigenvalue weighted by atomic mass is 35.5. The zero-order valence-electron chi connectivity index (χ0n) is 25.4. The quantitative estimate of drug-likeness (QED) is 0.217. The first-order valence-corrected chi connectivity index (χ1v) is 15.4. The number of ether oxygens (including phenoxy) is 2. The van der Waals surface area contributed by atoms with E-state index in [2.05, 4.69) is 15.6 Å². The van der Waals surface area contributed by atoms with Crippen molar-refractivity contribution in [2.75, 3.05) is 25.6 Å². The lowest BCUT2D eigenvalue weighted by atomic mass is 10.00. The minimum atomic E-state index is -0.570. The number of halogens is 2. The lowest BCUT2D eigenvalue weighted by Gasteiger charge is -2.28. The molecule has 0 unspecified atom stereocenters. The molecule has 2 atom stereocenters. The number of fused-ring (bicyclic) bond motifs is 1. The van der Waals surface area contributed by atoms with Gasteiger partial charge in [-0.2, -0.15) is 0 Å². The molecule has 11 nitrogen and oxygen atoms in total. The van der Waals surface area contributed by atoms with Crippen LogP contribution < -0.4 is 26.6 Å². The summed E-state index contributed by atoms with van der Waals surface area (Å²) in [6.45, 7) is 1.38. The largest absolute Gasteiger partial charge is 0.481 e. The maximum Gasteiger partial charge on any atom is 0.330 e. The van der Waals surface area contributed by atoms with Gasteiger partial charge in [-0.15, -0.1) is 0 Å². The van der Waals surface area contributed by atoms with Gasteiger partial charge in [0.25, 0.3) is 5.56 Å². The molecule has 0 aliphatic carbocycles. The number of aliphatic hydroxyl groups is 1. The molecule has 3 aromatic heterocycles. The van der Waals surface area contributed by atoms with E-state index in [1.807, 2.05) is 42.5 Å². The van der Waals surface area contributed by atoms with Gasteiger partial charge in [0.2, 0.25) is 5.88 Å². The molecule has 2 aromatic carbocycles. The summed E-state index contributed by atoms with van der Waals surface area (Å²) in [6, 6.07) is 16.4. The van der Waals surface area contributed by atoms with Gasteiger partial charge in [0, 0.05) is 61.7 Å². The number of hydrogen-bond donors (Lipinski definition) is 3. The van der Waals surface area contributed by atoms with Crippen LogP contribution in [0, 0.1) is 0 Å². The zero-order valence-corrected chi connectivity index (χ0v) is 26.9. The fraction of sp³-hybridized carbons (Fsp3) is 0.273. The summed E-state index contributed by atoms with van der Waals surface area (Å²) < 4.78 is 13.4. The summed E-state index contributed by atoms with van der Waals surface area (Å²) >= 11 is 14.0. The number of aromatic nitrogens is 4. The number of pyridine rings is 2. The van der Waals surface area contributed by atoms with Gasteiger partial charge in [0.1, 0.15) is 11.2 Å². The Bertz CT molecular complexity index is 2060. The van der Waals surface area contributed by atoms with Gasteiger partial charge in [-0.3, -0.25) is 13.9 Å². The van der Waals surface area contributed by atoms with Crippen LogP contribution in [-0.4, -0.2) is 56.7 Å². The third kappa shape index (κ3) is 5.88. The molecule has 3 N–H and O–H groups in total. The van der Waals surface area contributed by atoms with Crippen LogP contribution in [-0.2, 0) is 25.4 Å². The molecule has 13 heteroatoms. The number of anilines is 2. The summed E-state index contributed by atoms with van der Waals surface area (Å²) in [7, 11) is 4.59. The Morgan fingerprint density at radius 3 is 2.50 bits per heavy atom. The van der Waals surface area contributed by atoms with E-state index in [-0.39, 0.29) is 17.2 Å². The van der Waals surface area contributed by atoms with Crippen molar-refractivity contribution in [3.05, 3.63) is 97.2 Å². The lowest BCUT2D eigenvalue weighted by molar-refractivity contribution is -0.0281. The van der Waals surface area contributed by atoms with Gasteiger partial charge in [0.05, 0.1) is 46.8 Å². The highest BCUT2D eigenvalue weighted by molar-refractivity contribution is 6.39. The third-order valence-corrected chi connectivity index (χ3v) is 9.03. The van der Waals surface area contributed by atoms with E-state index in [1.165, 1.54) is 17.8 Å². The molecule has 5 aromatic rings. The van der Waals surface area contributed by atoms with E-state index in [4.69, 9.17) is 37.7 Å². The molecule has 1 aliphatic rings. The molecule has 1 fully saturated rings. The number of aliphatic hydroxyl groups excluding tert-OH is 1. The number of rotatable bonds is 8. The minimum absolute atomic E-state index is 0.0743. The molecule has 0 amide bonds. The highest BCUT2D eigenvalue weighted by Crippen LogP contribution is 2.42. The van der Waals surface area contributed by atoms with Crippen molar-refractivity contribution in [3.8, 4) is 28.3 Å². The van der Waals surface area contributed by atoms with Crippen LogP contribution >= 0.6 is 23.2 Å². The van der Waals surface area contributed by atoms with E-state index in [0.717, 1.165) is 10.1 Å². The lowest BCUT2D eigenvalue weighted by Crippen LogP contribution is -2.46. The van der Waals surface area contributed by atoms with E-state index >= 15 is 0 Å². The maximum atomic E-state index is 13.1. The van der Waals surface area contributed by atoms with Crippen LogP contribution in [0.25, 0.3) is 33.3 Å². The van der Waals surface area contributed by atoms with Crippen molar-refractivity contribution in [1.29, 1.82) is 0 Å². The second kappa shape index (κ2) is 13.2. The summed E-state index contributed by atoms with van der Waals surface area (Å²) in [4.78, 5) is 34.7. The SMILES string of the molecule is COc1nc(-c2cccc(-c3cccc(Nc4nccc5c4c(=O)n(C)c(=O)n5C)c3Cl)c2Cl)ccc1CN[C@@H]1CCOC[C@H]1O. The Kier molecular flexibility index (Phi) is 9.12. The van der Waals surface area contributed by atoms with E-state index in [1.54, 1.807) is 26.3 Å². The molecule has 0 bridgehead atoms. The van der Waals surface area contributed by atoms with Gasteiger partial charge in [-0.1, -0.05) is 59.6 Å². The van der Waals surface area contributed by atoms with E-state index in [0.29, 0.717) is 75.7 Å². The highest BCUT2D eigenvalue weighted by Gasteiger charge is 2.24. The number of aryl methyl sites for hydroxylation is 1. The predicted octanol–water partition coefficient (Wildman–Crippen LogP) is 4.66. The van der Waals surface area contributed by atoms with Crippen LogP contribution in [0.1, 0.15) is 12.0 Å². The van der Waals surface area contributed by atoms with Crippen LogP contribution in [0.15, 0.2) is 70.4 Å². The zero-order chi connectivity index (χ0) is 32.5. The molecule has 0 radical (unpaired) electrons. The molecular weight excluding hydrogens is 631 g/mol. The molecule has 1 aliphatic heterocycles. The second-order valence-electron chi connectivity index (χ2n) is 11.0. The van der Waals surface area contributed by atoms with Crippen molar-refractivity contribution in [2.45, 2.75) is 25.1 Å². The number of methoxy groups -OCH3 is 1. The normalized spacial score (nSPS) is 16.5. The Hall–Kier alpha value is -4.26. The van der Waals surface area contributed by atoms with Gasteiger partial charge in [0.15, 0.2) is 0 Å². The average molecular weight is 664 g/mol. The van der Waals surface area contributed by atoms with Gasteiger partial charge in [-0.05, 0) is 24.6 Å². The van der Waals surface area contributed by atoms with Crippen LogP contribution in [0.2, 0.25) is 10.0 Å². The van der Waals surface area contributed by atoms with Crippen molar-refractivity contribution < 1.29 is 14.6 Å². The summed E-state index contributed by atoms with van der Waals surface area (Å²) in [5.41, 5.74) is 3.52. The number of nitrogens with one attached hydrogen (secondary N) is 2. The number of nitrogens with zero attached hydrogens (tertiary/aromatic N) is 4. The topological polar surface area (TPSA) is 133 Å². The first-order chi connectivity index (χ1) is 22.2. The van der Waals surface area contributed by atoms with E-state index < -0.39 is 17.4 Å². The first kappa shape index (κ1) is 31.7. The predicted molar refractivity (Wildman–Crippen MR) is 179 cm³/mol. The minimum Gasteiger partial charge on any atom is -0.481 e. The van der Waals surface area contributed by atoms with Crippen molar-refractivity contribution in [3.63, 3.8) is 0 Å². The molecular formula is C33H32Cl2N6O5.